The van der Waals surface area contributed by atoms with E-state index >= 15 is 0 Å². The summed E-state index contributed by atoms with van der Waals surface area (Å²) in [6.07, 6.45) is 6.39. The number of rotatable bonds is 8. The molecule has 212 valence electrons. The molecule has 0 aliphatic carbocycles. The van der Waals surface area contributed by atoms with Crippen molar-refractivity contribution < 1.29 is 9.53 Å². The van der Waals surface area contributed by atoms with E-state index in [2.05, 4.69) is 27.2 Å². The number of piperidine rings is 2. The first-order valence-electron chi connectivity index (χ1n) is 15.0. The normalized spacial score (nSPS) is 17.0. The molecule has 4 aromatic rings. The highest BCUT2D eigenvalue weighted by Crippen LogP contribution is 2.32. The van der Waals surface area contributed by atoms with E-state index in [1.165, 1.54) is 45.2 Å². The highest BCUT2D eigenvalue weighted by molar-refractivity contribution is 6.09. The number of nitrogens with one attached hydrogen (secondary N) is 1. The van der Waals surface area contributed by atoms with Gasteiger partial charge in [0, 0.05) is 35.6 Å². The van der Waals surface area contributed by atoms with Crippen molar-refractivity contribution in [3.63, 3.8) is 0 Å². The number of benzene rings is 3. The van der Waals surface area contributed by atoms with Gasteiger partial charge in [0.2, 0.25) is 0 Å². The molecule has 41 heavy (non-hydrogen) atoms. The van der Waals surface area contributed by atoms with Crippen molar-refractivity contribution in [1.82, 2.24) is 20.1 Å². The van der Waals surface area contributed by atoms with Crippen molar-refractivity contribution in [3.05, 3.63) is 95.6 Å². The van der Waals surface area contributed by atoms with Gasteiger partial charge < -0.3 is 15.0 Å². The first-order valence-corrected chi connectivity index (χ1v) is 15.0. The zero-order chi connectivity index (χ0) is 28.0. The number of nitrogens with zero attached hydrogens (tertiary/aromatic N) is 3. The van der Waals surface area contributed by atoms with Gasteiger partial charge in [-0.3, -0.25) is 9.69 Å². The number of carbonyl (C=O) groups excluding carboxylic acids is 1. The fraction of sp³-hybridized carbons (Fsp3) is 0.371. The Morgan fingerprint density at radius 2 is 1.66 bits per heavy atom. The van der Waals surface area contributed by atoms with E-state index in [4.69, 9.17) is 9.72 Å². The quantitative estimate of drug-likeness (QED) is 0.280. The van der Waals surface area contributed by atoms with Crippen LogP contribution in [0.2, 0.25) is 0 Å². The van der Waals surface area contributed by atoms with Gasteiger partial charge in [-0.25, -0.2) is 4.98 Å². The predicted molar refractivity (Wildman–Crippen MR) is 165 cm³/mol. The highest BCUT2D eigenvalue weighted by atomic mass is 16.5. The fourth-order valence-corrected chi connectivity index (χ4v) is 6.50. The number of carbonyl (C=O) groups is 1. The van der Waals surface area contributed by atoms with Crippen molar-refractivity contribution in [3.8, 4) is 17.0 Å². The molecule has 0 radical (unpaired) electrons. The number of pyridine rings is 1. The van der Waals surface area contributed by atoms with Crippen LogP contribution in [0.3, 0.4) is 0 Å². The molecule has 2 fully saturated rings. The van der Waals surface area contributed by atoms with Crippen LogP contribution in [0.1, 0.15) is 53.6 Å². The van der Waals surface area contributed by atoms with Crippen molar-refractivity contribution in [1.29, 1.82) is 0 Å². The SMILES string of the molecule is COc1cccc(CNC(=O)c2c(CN3CCC(N4CCCCC4)CC3)c(-c3ccccc3)nc3ccccc23)c1. The lowest BCUT2D eigenvalue weighted by atomic mass is 9.94. The smallest absolute Gasteiger partial charge is 0.252 e. The molecule has 1 aromatic heterocycles. The summed E-state index contributed by atoms with van der Waals surface area (Å²) in [5.74, 6) is 0.716. The summed E-state index contributed by atoms with van der Waals surface area (Å²) >= 11 is 0. The Morgan fingerprint density at radius 3 is 2.44 bits per heavy atom. The van der Waals surface area contributed by atoms with Gasteiger partial charge in [-0.15, -0.1) is 0 Å². The number of hydrogen-bond donors (Lipinski definition) is 1. The Hall–Kier alpha value is -3.74. The number of likely N-dealkylation sites (tertiary alicyclic amines) is 2. The fourth-order valence-electron chi connectivity index (χ4n) is 6.50. The largest absolute Gasteiger partial charge is 0.497 e. The molecule has 3 heterocycles. The van der Waals surface area contributed by atoms with Gasteiger partial charge in [0.25, 0.3) is 5.91 Å². The third-order valence-electron chi connectivity index (χ3n) is 8.70. The topological polar surface area (TPSA) is 57.7 Å². The third kappa shape index (κ3) is 6.29. The average molecular weight is 549 g/mol. The van der Waals surface area contributed by atoms with Crippen molar-refractivity contribution in [2.75, 3.05) is 33.3 Å². The Labute approximate surface area is 243 Å². The molecular formula is C35H40N4O2. The van der Waals surface area contributed by atoms with E-state index in [1.807, 2.05) is 66.7 Å². The van der Waals surface area contributed by atoms with E-state index in [-0.39, 0.29) is 5.91 Å². The Bertz CT molecular complexity index is 1470. The molecule has 0 bridgehead atoms. The van der Waals surface area contributed by atoms with Crippen LogP contribution in [0, 0.1) is 0 Å². The summed E-state index contributed by atoms with van der Waals surface area (Å²) in [5.41, 5.74) is 5.52. The van der Waals surface area contributed by atoms with Crippen LogP contribution in [0.5, 0.6) is 5.75 Å². The number of methoxy groups -OCH3 is 1. The minimum absolute atomic E-state index is 0.0678. The lowest BCUT2D eigenvalue weighted by Crippen LogP contribution is -2.46. The van der Waals surface area contributed by atoms with Gasteiger partial charge in [0.1, 0.15) is 5.75 Å². The van der Waals surface area contributed by atoms with Gasteiger partial charge >= 0.3 is 0 Å². The molecule has 6 heteroatoms. The molecule has 1 N–H and O–H groups in total. The van der Waals surface area contributed by atoms with E-state index in [0.29, 0.717) is 19.1 Å². The molecule has 6 nitrogen and oxygen atoms in total. The van der Waals surface area contributed by atoms with Gasteiger partial charge in [-0.05, 0) is 75.6 Å². The molecule has 3 aromatic carbocycles. The second-order valence-corrected chi connectivity index (χ2v) is 11.3. The minimum Gasteiger partial charge on any atom is -0.497 e. The van der Waals surface area contributed by atoms with Crippen molar-refractivity contribution >= 4 is 16.8 Å². The van der Waals surface area contributed by atoms with Crippen molar-refractivity contribution in [2.24, 2.45) is 0 Å². The summed E-state index contributed by atoms with van der Waals surface area (Å²) in [4.78, 5) is 24.5. The third-order valence-corrected chi connectivity index (χ3v) is 8.70. The van der Waals surface area contributed by atoms with Gasteiger partial charge in [0.15, 0.2) is 0 Å². The van der Waals surface area contributed by atoms with Gasteiger partial charge in [-0.1, -0.05) is 67.1 Å². The van der Waals surface area contributed by atoms with Gasteiger partial charge in [-0.2, -0.15) is 0 Å². The molecular weight excluding hydrogens is 508 g/mol. The number of aromatic nitrogens is 1. The van der Waals surface area contributed by atoms with E-state index < -0.39 is 0 Å². The molecule has 0 unspecified atom stereocenters. The minimum atomic E-state index is -0.0678. The monoisotopic (exact) mass is 548 g/mol. The molecule has 2 aliphatic heterocycles. The molecule has 0 spiro atoms. The number of hydrogen-bond acceptors (Lipinski definition) is 5. The van der Waals surface area contributed by atoms with Crippen LogP contribution < -0.4 is 10.1 Å². The standard InChI is InChI=1S/C35H40N4O2/c1-41-29-14-10-11-26(23-29)24-36-35(40)33-30-15-6-7-16-32(30)37-34(27-12-4-2-5-13-27)31(33)25-38-21-17-28(18-22-38)39-19-8-3-9-20-39/h2,4-7,10-16,23,28H,3,8-9,17-22,24-25H2,1H3,(H,36,40). The van der Waals surface area contributed by atoms with Crippen LogP contribution in [0.25, 0.3) is 22.2 Å². The molecule has 0 saturated carbocycles. The second-order valence-electron chi connectivity index (χ2n) is 11.3. The Balaban J connectivity index is 1.33. The maximum atomic E-state index is 14.1. The summed E-state index contributed by atoms with van der Waals surface area (Å²) in [6.45, 7) is 5.69. The number of para-hydroxylation sites is 1. The van der Waals surface area contributed by atoms with Crippen LogP contribution in [0.4, 0.5) is 0 Å². The molecule has 2 saturated heterocycles. The van der Waals surface area contributed by atoms with Crippen LogP contribution in [-0.4, -0.2) is 60.0 Å². The maximum Gasteiger partial charge on any atom is 0.252 e. The second kappa shape index (κ2) is 12.8. The average Bonchev–Trinajstić information content (AvgIpc) is 3.04. The molecule has 2 aliphatic rings. The van der Waals surface area contributed by atoms with Crippen molar-refractivity contribution in [2.45, 2.75) is 51.2 Å². The number of ether oxygens (including phenoxy) is 1. The zero-order valence-corrected chi connectivity index (χ0v) is 24.0. The van der Waals surface area contributed by atoms with Gasteiger partial charge in [0.05, 0.1) is 23.9 Å². The molecule has 6 rings (SSSR count). The van der Waals surface area contributed by atoms with E-state index in [0.717, 1.165) is 57.7 Å². The Morgan fingerprint density at radius 1 is 0.902 bits per heavy atom. The molecule has 0 atom stereocenters. The van der Waals surface area contributed by atoms with E-state index in [9.17, 15) is 4.79 Å². The maximum absolute atomic E-state index is 14.1. The van der Waals surface area contributed by atoms with E-state index in [1.54, 1.807) is 7.11 Å². The summed E-state index contributed by atoms with van der Waals surface area (Å²) < 4.78 is 5.39. The summed E-state index contributed by atoms with van der Waals surface area (Å²) in [5, 5.41) is 4.11. The lowest BCUT2D eigenvalue weighted by molar-refractivity contribution is 0.0885. The van der Waals surface area contributed by atoms with Crippen LogP contribution in [-0.2, 0) is 13.1 Å². The summed E-state index contributed by atoms with van der Waals surface area (Å²) in [6, 6.07) is 26.9. The predicted octanol–water partition coefficient (Wildman–Crippen LogP) is 6.29. The highest BCUT2D eigenvalue weighted by Gasteiger charge is 2.28. The molecule has 1 amide bonds. The van der Waals surface area contributed by atoms with Crippen LogP contribution in [0.15, 0.2) is 78.9 Å². The summed E-state index contributed by atoms with van der Waals surface area (Å²) in [7, 11) is 1.66. The first-order chi connectivity index (χ1) is 20.2. The first kappa shape index (κ1) is 27.4. The lowest BCUT2D eigenvalue weighted by Gasteiger charge is -2.40. The number of fused-ring (bicyclic) bond motifs is 1. The Kier molecular flexibility index (Phi) is 8.59. The zero-order valence-electron chi connectivity index (χ0n) is 24.0. The number of amides is 1. The van der Waals surface area contributed by atoms with Crippen LogP contribution >= 0.6 is 0 Å².